The van der Waals surface area contributed by atoms with Crippen molar-refractivity contribution in [2.45, 2.75) is 46.0 Å². The van der Waals surface area contributed by atoms with E-state index < -0.39 is 0 Å². The Morgan fingerprint density at radius 1 is 1.17 bits per heavy atom. The Labute approximate surface area is 109 Å². The fraction of sp³-hybridized carbons (Fsp3) is 0.688. The SMILES string of the molecule is CC(C)c1cnc(C2C3C=CC(C3)C2C(C)C)o1. The first kappa shape index (κ1) is 12.0. The number of oxazole rings is 1. The quantitative estimate of drug-likeness (QED) is 0.739. The topological polar surface area (TPSA) is 26.0 Å². The molecule has 1 aromatic heterocycles. The summed E-state index contributed by atoms with van der Waals surface area (Å²) in [4.78, 5) is 4.57. The fourth-order valence-electron chi connectivity index (χ4n) is 3.84. The number of rotatable bonds is 3. The van der Waals surface area contributed by atoms with E-state index in [0.717, 1.165) is 17.6 Å². The van der Waals surface area contributed by atoms with E-state index in [1.54, 1.807) is 0 Å². The highest BCUT2D eigenvalue weighted by molar-refractivity contribution is 5.21. The first-order chi connectivity index (χ1) is 8.58. The van der Waals surface area contributed by atoms with Crippen molar-refractivity contribution in [2.75, 3.05) is 0 Å². The van der Waals surface area contributed by atoms with Gasteiger partial charge in [-0.05, 0) is 30.1 Å². The van der Waals surface area contributed by atoms with E-state index in [9.17, 15) is 0 Å². The van der Waals surface area contributed by atoms with Crippen molar-refractivity contribution in [3.8, 4) is 0 Å². The Kier molecular flexibility index (Phi) is 2.84. The van der Waals surface area contributed by atoms with Gasteiger partial charge in [-0.1, -0.05) is 39.8 Å². The van der Waals surface area contributed by atoms with E-state index in [1.807, 2.05) is 6.20 Å². The predicted octanol–water partition coefficient (Wildman–Crippen LogP) is 4.36. The van der Waals surface area contributed by atoms with Crippen LogP contribution in [0.1, 0.15) is 57.6 Å². The molecular formula is C16H23NO. The number of aromatic nitrogens is 1. The minimum atomic E-state index is 0.429. The van der Waals surface area contributed by atoms with Crippen molar-refractivity contribution < 1.29 is 4.42 Å². The lowest BCUT2D eigenvalue weighted by atomic mass is 9.76. The predicted molar refractivity (Wildman–Crippen MR) is 72.4 cm³/mol. The number of allylic oxidation sites excluding steroid dienone is 2. The maximum absolute atomic E-state index is 6.02. The molecule has 0 N–H and O–H groups in total. The third-order valence-corrected chi connectivity index (χ3v) is 4.69. The van der Waals surface area contributed by atoms with E-state index in [2.05, 4.69) is 44.8 Å². The van der Waals surface area contributed by atoms with Crippen LogP contribution in [0, 0.1) is 23.7 Å². The Morgan fingerprint density at radius 2 is 1.89 bits per heavy atom. The van der Waals surface area contributed by atoms with Gasteiger partial charge in [0.1, 0.15) is 5.76 Å². The van der Waals surface area contributed by atoms with Crippen LogP contribution in [0.15, 0.2) is 22.8 Å². The second kappa shape index (κ2) is 4.25. The summed E-state index contributed by atoms with van der Waals surface area (Å²) in [5.41, 5.74) is 0. The van der Waals surface area contributed by atoms with Gasteiger partial charge in [0.25, 0.3) is 0 Å². The van der Waals surface area contributed by atoms with Crippen LogP contribution in [0.2, 0.25) is 0 Å². The molecule has 2 heteroatoms. The molecular weight excluding hydrogens is 222 g/mol. The van der Waals surface area contributed by atoms with Gasteiger partial charge in [-0.2, -0.15) is 0 Å². The Hall–Kier alpha value is -1.05. The molecule has 2 nitrogen and oxygen atoms in total. The van der Waals surface area contributed by atoms with E-state index in [-0.39, 0.29) is 0 Å². The van der Waals surface area contributed by atoms with Gasteiger partial charge in [-0.25, -0.2) is 4.98 Å². The number of fused-ring (bicyclic) bond motifs is 2. The van der Waals surface area contributed by atoms with Crippen LogP contribution in [-0.2, 0) is 0 Å². The lowest BCUT2D eigenvalue weighted by Gasteiger charge is -2.28. The van der Waals surface area contributed by atoms with Crippen molar-refractivity contribution in [3.63, 3.8) is 0 Å². The van der Waals surface area contributed by atoms with Crippen LogP contribution in [0.5, 0.6) is 0 Å². The van der Waals surface area contributed by atoms with Gasteiger partial charge in [-0.15, -0.1) is 0 Å². The first-order valence-electron chi connectivity index (χ1n) is 7.22. The zero-order valence-electron chi connectivity index (χ0n) is 11.8. The minimum Gasteiger partial charge on any atom is -0.445 e. The molecule has 1 aromatic rings. The molecule has 0 radical (unpaired) electrons. The van der Waals surface area contributed by atoms with Crippen LogP contribution in [0.25, 0.3) is 0 Å². The molecule has 0 amide bonds. The fourth-order valence-corrected chi connectivity index (χ4v) is 3.84. The van der Waals surface area contributed by atoms with Crippen molar-refractivity contribution >= 4 is 0 Å². The summed E-state index contributed by atoms with van der Waals surface area (Å²) in [5, 5.41) is 0. The molecule has 98 valence electrons. The smallest absolute Gasteiger partial charge is 0.198 e. The highest BCUT2D eigenvalue weighted by Crippen LogP contribution is 2.55. The molecule has 0 saturated heterocycles. The summed E-state index contributed by atoms with van der Waals surface area (Å²) in [6, 6.07) is 0. The van der Waals surface area contributed by atoms with E-state index in [1.165, 1.54) is 6.42 Å². The number of hydrogen-bond acceptors (Lipinski definition) is 2. The zero-order valence-corrected chi connectivity index (χ0v) is 11.8. The molecule has 0 aromatic carbocycles. The average molecular weight is 245 g/mol. The van der Waals surface area contributed by atoms with Gasteiger partial charge in [0, 0.05) is 11.8 Å². The van der Waals surface area contributed by atoms with Crippen molar-refractivity contribution in [2.24, 2.45) is 23.7 Å². The summed E-state index contributed by atoms with van der Waals surface area (Å²) in [5.74, 6) is 5.75. The second-order valence-electron chi connectivity index (χ2n) is 6.55. The third kappa shape index (κ3) is 1.73. The molecule has 2 bridgehead atoms. The van der Waals surface area contributed by atoms with Crippen LogP contribution in [-0.4, -0.2) is 4.98 Å². The standard InChI is InChI=1S/C16H23NO/c1-9(2)13-8-17-16(18-13)15-12-6-5-11(7-12)14(15)10(3)4/h5-6,8-12,14-15H,7H2,1-4H3. The second-order valence-corrected chi connectivity index (χ2v) is 6.55. The average Bonchev–Trinajstić information content (AvgIpc) is 3.02. The number of hydrogen-bond donors (Lipinski definition) is 0. The van der Waals surface area contributed by atoms with Gasteiger partial charge >= 0.3 is 0 Å². The zero-order chi connectivity index (χ0) is 12.9. The van der Waals surface area contributed by atoms with Gasteiger partial charge in [-0.3, -0.25) is 0 Å². The molecule has 0 aliphatic heterocycles. The first-order valence-corrected chi connectivity index (χ1v) is 7.22. The van der Waals surface area contributed by atoms with Crippen molar-refractivity contribution in [1.29, 1.82) is 0 Å². The molecule has 2 aliphatic carbocycles. The summed E-state index contributed by atoms with van der Waals surface area (Å²) < 4.78 is 6.02. The minimum absolute atomic E-state index is 0.429. The van der Waals surface area contributed by atoms with Crippen molar-refractivity contribution in [1.82, 2.24) is 4.98 Å². The summed E-state index contributed by atoms with van der Waals surface area (Å²) in [7, 11) is 0. The van der Waals surface area contributed by atoms with Crippen molar-refractivity contribution in [3.05, 3.63) is 30.0 Å². The van der Waals surface area contributed by atoms with E-state index in [4.69, 9.17) is 4.42 Å². The van der Waals surface area contributed by atoms with Gasteiger partial charge in [0.15, 0.2) is 5.89 Å². The molecule has 1 fully saturated rings. The highest BCUT2D eigenvalue weighted by Gasteiger charge is 2.48. The van der Waals surface area contributed by atoms with Gasteiger partial charge in [0.2, 0.25) is 0 Å². The monoisotopic (exact) mass is 245 g/mol. The molecule has 1 heterocycles. The lowest BCUT2D eigenvalue weighted by Crippen LogP contribution is -2.23. The molecule has 3 rings (SSSR count). The molecule has 4 unspecified atom stereocenters. The van der Waals surface area contributed by atoms with Gasteiger partial charge in [0.05, 0.1) is 6.20 Å². The molecule has 2 aliphatic rings. The maximum Gasteiger partial charge on any atom is 0.198 e. The maximum atomic E-state index is 6.02. The molecule has 0 spiro atoms. The molecule has 4 atom stereocenters. The molecule has 18 heavy (non-hydrogen) atoms. The van der Waals surface area contributed by atoms with Gasteiger partial charge < -0.3 is 4.42 Å². The van der Waals surface area contributed by atoms with Crippen LogP contribution in [0.4, 0.5) is 0 Å². The van der Waals surface area contributed by atoms with E-state index >= 15 is 0 Å². The molecule has 1 saturated carbocycles. The van der Waals surface area contributed by atoms with Crippen LogP contribution >= 0.6 is 0 Å². The Balaban J connectivity index is 1.92. The lowest BCUT2D eigenvalue weighted by molar-refractivity contribution is 0.255. The Bertz CT molecular complexity index is 457. The van der Waals surface area contributed by atoms with Crippen LogP contribution < -0.4 is 0 Å². The van der Waals surface area contributed by atoms with Crippen LogP contribution in [0.3, 0.4) is 0 Å². The Morgan fingerprint density at radius 3 is 2.50 bits per heavy atom. The third-order valence-electron chi connectivity index (χ3n) is 4.69. The summed E-state index contributed by atoms with van der Waals surface area (Å²) >= 11 is 0. The highest BCUT2D eigenvalue weighted by atomic mass is 16.4. The van der Waals surface area contributed by atoms with E-state index in [0.29, 0.717) is 29.6 Å². The summed E-state index contributed by atoms with van der Waals surface area (Å²) in [6.45, 7) is 8.98. The normalized spacial score (nSPS) is 34.1. The largest absolute Gasteiger partial charge is 0.445 e. The number of nitrogens with zero attached hydrogens (tertiary/aromatic N) is 1. The summed E-state index contributed by atoms with van der Waals surface area (Å²) in [6.07, 6.45) is 8.02.